The van der Waals surface area contributed by atoms with E-state index >= 15 is 0 Å². The van der Waals surface area contributed by atoms with Crippen molar-refractivity contribution in [3.63, 3.8) is 0 Å². The largest absolute Gasteiger partial charge is 0.481 e. The molecule has 1 aliphatic heterocycles. The zero-order chi connectivity index (χ0) is 20.9. The summed E-state index contributed by atoms with van der Waals surface area (Å²) in [4.78, 5) is 12.9. The van der Waals surface area contributed by atoms with Gasteiger partial charge in [-0.1, -0.05) is 24.3 Å². The van der Waals surface area contributed by atoms with Gasteiger partial charge in [-0.05, 0) is 86.6 Å². The molecule has 2 aromatic rings. The lowest BCUT2D eigenvalue weighted by atomic mass is 9.72. The highest BCUT2D eigenvalue weighted by atomic mass is 19.1. The first-order valence-electron chi connectivity index (χ1n) is 10.1. The van der Waals surface area contributed by atoms with Crippen molar-refractivity contribution in [2.45, 2.75) is 37.7 Å². The SMILES string of the molecule is O=C(O)CCCCN1CCC(C(O)(c2ccc(F)cc2)c2ccc(F)cc2)CC1. The Morgan fingerprint density at radius 2 is 1.41 bits per heavy atom. The molecule has 6 heteroatoms. The lowest BCUT2D eigenvalue weighted by Crippen LogP contribution is -2.44. The second-order valence-electron chi connectivity index (χ2n) is 7.75. The number of rotatable bonds is 8. The van der Waals surface area contributed by atoms with Gasteiger partial charge in [0.2, 0.25) is 0 Å². The smallest absolute Gasteiger partial charge is 0.303 e. The van der Waals surface area contributed by atoms with E-state index in [2.05, 4.69) is 4.90 Å². The second kappa shape index (κ2) is 9.46. The molecule has 0 unspecified atom stereocenters. The number of unbranched alkanes of at least 4 members (excludes halogenated alkanes) is 1. The van der Waals surface area contributed by atoms with Gasteiger partial charge < -0.3 is 15.1 Å². The van der Waals surface area contributed by atoms with Gasteiger partial charge in [-0.2, -0.15) is 0 Å². The molecule has 0 radical (unpaired) electrons. The maximum Gasteiger partial charge on any atom is 0.303 e. The van der Waals surface area contributed by atoms with Crippen molar-refractivity contribution in [1.29, 1.82) is 0 Å². The minimum absolute atomic E-state index is 0.0892. The van der Waals surface area contributed by atoms with E-state index in [9.17, 15) is 18.7 Å². The zero-order valence-electron chi connectivity index (χ0n) is 16.4. The molecular formula is C23H27F2NO3. The summed E-state index contributed by atoms with van der Waals surface area (Å²) in [6.07, 6.45) is 3.15. The van der Waals surface area contributed by atoms with Crippen LogP contribution in [0.25, 0.3) is 0 Å². The highest BCUT2D eigenvalue weighted by molar-refractivity contribution is 5.66. The molecule has 3 rings (SSSR count). The van der Waals surface area contributed by atoms with E-state index in [4.69, 9.17) is 5.11 Å². The van der Waals surface area contributed by atoms with Crippen LogP contribution >= 0.6 is 0 Å². The minimum atomic E-state index is -1.32. The molecule has 1 fully saturated rings. The molecular weight excluding hydrogens is 376 g/mol. The summed E-state index contributed by atoms with van der Waals surface area (Å²) in [5, 5.41) is 20.5. The number of aliphatic hydroxyl groups is 1. The molecule has 0 spiro atoms. The van der Waals surface area contributed by atoms with Crippen LogP contribution < -0.4 is 0 Å². The number of halogens is 2. The molecule has 0 aliphatic carbocycles. The fourth-order valence-corrected chi connectivity index (χ4v) is 4.23. The van der Waals surface area contributed by atoms with Crippen LogP contribution in [-0.2, 0) is 10.4 Å². The molecule has 1 aliphatic rings. The Morgan fingerprint density at radius 3 is 1.86 bits per heavy atom. The normalized spacial score (nSPS) is 16.1. The monoisotopic (exact) mass is 403 g/mol. The summed E-state index contributed by atoms with van der Waals surface area (Å²) >= 11 is 0. The van der Waals surface area contributed by atoms with Crippen LogP contribution in [0.2, 0.25) is 0 Å². The highest BCUT2D eigenvalue weighted by Crippen LogP contribution is 2.42. The fourth-order valence-electron chi connectivity index (χ4n) is 4.23. The standard InChI is InChI=1S/C23H27F2NO3/c24-20-8-4-17(5-9-20)23(29,18-6-10-21(25)11-7-18)19-12-15-26(16-13-19)14-2-1-3-22(27)28/h4-11,19,29H,1-3,12-16H2,(H,27,28). The summed E-state index contributed by atoms with van der Waals surface area (Å²) in [7, 11) is 0. The minimum Gasteiger partial charge on any atom is -0.481 e. The van der Waals surface area contributed by atoms with Crippen molar-refractivity contribution in [3.8, 4) is 0 Å². The van der Waals surface area contributed by atoms with Gasteiger partial charge in [-0.3, -0.25) is 4.79 Å². The lowest BCUT2D eigenvalue weighted by Gasteiger charge is -2.42. The fraction of sp³-hybridized carbons (Fsp3) is 0.435. The summed E-state index contributed by atoms with van der Waals surface area (Å²) in [6, 6.07) is 11.7. The number of piperidine rings is 1. The van der Waals surface area contributed by atoms with E-state index in [-0.39, 0.29) is 24.0 Å². The molecule has 2 N–H and O–H groups in total. The molecule has 2 aromatic carbocycles. The Labute approximate surface area is 169 Å². The van der Waals surface area contributed by atoms with E-state index in [0.717, 1.165) is 38.9 Å². The van der Waals surface area contributed by atoms with Crippen molar-refractivity contribution in [2.24, 2.45) is 5.92 Å². The number of aliphatic carboxylic acids is 1. The van der Waals surface area contributed by atoms with E-state index in [1.807, 2.05) is 0 Å². The van der Waals surface area contributed by atoms with Crippen molar-refractivity contribution >= 4 is 5.97 Å². The third-order valence-electron chi connectivity index (χ3n) is 5.86. The molecule has 0 amide bonds. The number of likely N-dealkylation sites (tertiary alicyclic amines) is 1. The van der Waals surface area contributed by atoms with Crippen molar-refractivity contribution < 1.29 is 23.8 Å². The van der Waals surface area contributed by atoms with Gasteiger partial charge in [0.15, 0.2) is 0 Å². The first-order chi connectivity index (χ1) is 13.9. The first-order valence-corrected chi connectivity index (χ1v) is 10.1. The summed E-state index contributed by atoms with van der Waals surface area (Å²) in [5.41, 5.74) is -0.118. The lowest BCUT2D eigenvalue weighted by molar-refractivity contribution is -0.137. The van der Waals surface area contributed by atoms with Crippen LogP contribution in [0.5, 0.6) is 0 Å². The molecule has 0 bridgehead atoms. The molecule has 4 nitrogen and oxygen atoms in total. The number of nitrogens with zero attached hydrogens (tertiary/aromatic N) is 1. The van der Waals surface area contributed by atoms with Crippen LogP contribution in [0.15, 0.2) is 48.5 Å². The van der Waals surface area contributed by atoms with E-state index in [0.29, 0.717) is 17.5 Å². The number of hydrogen-bond donors (Lipinski definition) is 2. The number of carboxylic acid groups (broad SMARTS) is 1. The van der Waals surface area contributed by atoms with Gasteiger partial charge >= 0.3 is 5.97 Å². The third kappa shape index (κ3) is 5.19. The van der Waals surface area contributed by atoms with Crippen molar-refractivity contribution in [1.82, 2.24) is 4.90 Å². The molecule has 0 saturated carbocycles. The van der Waals surface area contributed by atoms with Gasteiger partial charge in [0, 0.05) is 6.42 Å². The Morgan fingerprint density at radius 1 is 0.931 bits per heavy atom. The Bertz CT molecular complexity index is 754. The van der Waals surface area contributed by atoms with Gasteiger partial charge in [0.1, 0.15) is 17.2 Å². The number of hydrogen-bond acceptors (Lipinski definition) is 3. The van der Waals surface area contributed by atoms with Crippen LogP contribution in [0, 0.1) is 17.6 Å². The van der Waals surface area contributed by atoms with Crippen molar-refractivity contribution in [2.75, 3.05) is 19.6 Å². The average molecular weight is 403 g/mol. The van der Waals surface area contributed by atoms with E-state index in [1.54, 1.807) is 24.3 Å². The maximum absolute atomic E-state index is 13.4. The van der Waals surface area contributed by atoms with Gasteiger partial charge in [0.05, 0.1) is 0 Å². The molecule has 1 saturated heterocycles. The Balaban J connectivity index is 1.73. The van der Waals surface area contributed by atoms with Crippen molar-refractivity contribution in [3.05, 3.63) is 71.3 Å². The third-order valence-corrected chi connectivity index (χ3v) is 5.86. The predicted octanol–water partition coefficient (Wildman–Crippen LogP) is 4.17. The molecule has 29 heavy (non-hydrogen) atoms. The second-order valence-corrected chi connectivity index (χ2v) is 7.75. The quantitative estimate of drug-likeness (QED) is 0.650. The summed E-state index contributed by atoms with van der Waals surface area (Å²) in [6.45, 7) is 2.43. The first kappa shape index (κ1) is 21.4. The zero-order valence-corrected chi connectivity index (χ0v) is 16.4. The maximum atomic E-state index is 13.4. The number of benzene rings is 2. The van der Waals surface area contributed by atoms with E-state index in [1.165, 1.54) is 24.3 Å². The van der Waals surface area contributed by atoms with Crippen LogP contribution in [0.4, 0.5) is 8.78 Å². The molecule has 156 valence electrons. The Kier molecular flexibility index (Phi) is 6.98. The molecule has 0 atom stereocenters. The average Bonchev–Trinajstić information content (AvgIpc) is 2.72. The Hall–Kier alpha value is -2.31. The van der Waals surface area contributed by atoms with E-state index < -0.39 is 11.6 Å². The van der Waals surface area contributed by atoms with Gasteiger partial charge in [-0.25, -0.2) is 8.78 Å². The van der Waals surface area contributed by atoms with Crippen LogP contribution in [0.1, 0.15) is 43.2 Å². The molecule has 1 heterocycles. The summed E-state index contributed by atoms with van der Waals surface area (Å²) in [5.74, 6) is -1.60. The van der Waals surface area contributed by atoms with Gasteiger partial charge in [0.25, 0.3) is 0 Å². The van der Waals surface area contributed by atoms with Crippen LogP contribution in [-0.4, -0.2) is 40.7 Å². The topological polar surface area (TPSA) is 60.8 Å². The number of carboxylic acids is 1. The number of carbonyl (C=O) groups is 1. The van der Waals surface area contributed by atoms with Crippen LogP contribution in [0.3, 0.4) is 0 Å². The highest BCUT2D eigenvalue weighted by Gasteiger charge is 2.41. The predicted molar refractivity (Wildman–Crippen MR) is 106 cm³/mol. The van der Waals surface area contributed by atoms with Gasteiger partial charge in [-0.15, -0.1) is 0 Å². The molecule has 0 aromatic heterocycles. The summed E-state index contributed by atoms with van der Waals surface area (Å²) < 4.78 is 26.9.